The summed E-state index contributed by atoms with van der Waals surface area (Å²) in [5, 5.41) is 30.4. The highest BCUT2D eigenvalue weighted by Crippen LogP contribution is 2.21. The van der Waals surface area contributed by atoms with Crippen molar-refractivity contribution in [2.45, 2.75) is 6.42 Å². The lowest BCUT2D eigenvalue weighted by atomic mass is 10.1. The van der Waals surface area contributed by atoms with Crippen molar-refractivity contribution >= 4 is 11.4 Å². The van der Waals surface area contributed by atoms with E-state index in [1.54, 1.807) is 6.33 Å². The molecule has 0 spiro atoms. The minimum Gasteiger partial charge on any atom is -0.384 e. The van der Waals surface area contributed by atoms with Gasteiger partial charge in [0.25, 0.3) is 5.69 Å². The zero-order chi connectivity index (χ0) is 14.5. The molecule has 0 fully saturated rings. The lowest BCUT2D eigenvalue weighted by Gasteiger charge is -2.07. The van der Waals surface area contributed by atoms with Crippen molar-refractivity contribution in [3.05, 3.63) is 46.0 Å². The number of hydrogen-bond acceptors (Lipinski definition) is 6. The van der Waals surface area contributed by atoms with Crippen molar-refractivity contribution in [1.29, 1.82) is 5.26 Å². The summed E-state index contributed by atoms with van der Waals surface area (Å²) >= 11 is 0. The van der Waals surface area contributed by atoms with Crippen LogP contribution >= 0.6 is 0 Å². The molecule has 0 aliphatic rings. The maximum Gasteiger partial charge on any atom is 0.270 e. The number of nitro benzene ring substituents is 1. The van der Waals surface area contributed by atoms with Crippen LogP contribution in [0.3, 0.4) is 0 Å². The minimum atomic E-state index is -0.524. The van der Waals surface area contributed by atoms with E-state index in [9.17, 15) is 10.1 Å². The van der Waals surface area contributed by atoms with Gasteiger partial charge < -0.3 is 9.88 Å². The third kappa shape index (κ3) is 2.89. The van der Waals surface area contributed by atoms with E-state index in [1.807, 2.05) is 17.7 Å². The van der Waals surface area contributed by atoms with Crippen LogP contribution < -0.4 is 5.32 Å². The highest BCUT2D eigenvalue weighted by Gasteiger charge is 2.10. The highest BCUT2D eigenvalue weighted by molar-refractivity contribution is 5.61. The van der Waals surface area contributed by atoms with Gasteiger partial charge in [-0.2, -0.15) is 5.26 Å². The van der Waals surface area contributed by atoms with Gasteiger partial charge in [0.2, 0.25) is 0 Å². The second-order valence-corrected chi connectivity index (χ2v) is 4.13. The topological polar surface area (TPSA) is 110 Å². The maximum atomic E-state index is 10.6. The molecule has 0 bridgehead atoms. The quantitative estimate of drug-likeness (QED) is 0.648. The second-order valence-electron chi connectivity index (χ2n) is 4.13. The minimum absolute atomic E-state index is 0.0969. The van der Waals surface area contributed by atoms with Gasteiger partial charge >= 0.3 is 0 Å². The number of nitrogens with zero attached hydrogens (tertiary/aromatic N) is 5. The first-order valence-corrected chi connectivity index (χ1v) is 5.87. The third-order valence-corrected chi connectivity index (χ3v) is 2.80. The molecule has 20 heavy (non-hydrogen) atoms. The van der Waals surface area contributed by atoms with E-state index in [-0.39, 0.29) is 11.3 Å². The van der Waals surface area contributed by atoms with Crippen molar-refractivity contribution < 1.29 is 4.92 Å². The first kappa shape index (κ1) is 13.5. The number of hydrogen-bond donors (Lipinski definition) is 1. The largest absolute Gasteiger partial charge is 0.384 e. The first-order chi connectivity index (χ1) is 9.61. The molecule has 0 saturated heterocycles. The molecule has 8 nitrogen and oxygen atoms in total. The number of anilines is 1. The Kier molecular flexibility index (Phi) is 3.91. The molecule has 1 heterocycles. The highest BCUT2D eigenvalue weighted by atomic mass is 16.6. The van der Waals surface area contributed by atoms with Crippen molar-refractivity contribution in [1.82, 2.24) is 14.8 Å². The molecule has 0 amide bonds. The van der Waals surface area contributed by atoms with Gasteiger partial charge in [-0.1, -0.05) is 0 Å². The number of aryl methyl sites for hydroxylation is 1. The number of rotatable bonds is 5. The summed E-state index contributed by atoms with van der Waals surface area (Å²) in [6.07, 6.45) is 2.25. The Bertz CT molecular complexity index is 673. The Labute approximate surface area is 114 Å². The monoisotopic (exact) mass is 272 g/mol. The summed E-state index contributed by atoms with van der Waals surface area (Å²) in [5.74, 6) is 0.818. The van der Waals surface area contributed by atoms with Crippen LogP contribution in [0.5, 0.6) is 0 Å². The number of nitrogens with one attached hydrogen (secondary N) is 1. The second kappa shape index (κ2) is 5.79. The van der Waals surface area contributed by atoms with Gasteiger partial charge in [-0.15, -0.1) is 10.2 Å². The molecule has 1 N–H and O–H groups in total. The summed E-state index contributed by atoms with van der Waals surface area (Å²) in [6, 6.07) is 6.10. The van der Waals surface area contributed by atoms with Crippen LogP contribution in [-0.2, 0) is 13.5 Å². The Morgan fingerprint density at radius 1 is 1.55 bits per heavy atom. The molecule has 102 valence electrons. The normalized spacial score (nSPS) is 10.0. The van der Waals surface area contributed by atoms with Gasteiger partial charge in [-0.3, -0.25) is 10.1 Å². The zero-order valence-electron chi connectivity index (χ0n) is 10.8. The van der Waals surface area contributed by atoms with E-state index in [4.69, 9.17) is 5.26 Å². The number of non-ortho nitro benzene ring substituents is 1. The maximum absolute atomic E-state index is 10.6. The fourth-order valence-corrected chi connectivity index (χ4v) is 1.73. The van der Waals surface area contributed by atoms with E-state index >= 15 is 0 Å². The third-order valence-electron chi connectivity index (χ3n) is 2.80. The number of benzene rings is 1. The summed E-state index contributed by atoms with van der Waals surface area (Å²) in [6.45, 7) is 0.555. The molecule has 0 aliphatic carbocycles. The first-order valence-electron chi connectivity index (χ1n) is 5.87. The molecule has 8 heteroatoms. The fraction of sp³-hybridized carbons (Fsp3) is 0.250. The zero-order valence-corrected chi connectivity index (χ0v) is 10.8. The standard InChI is InChI=1S/C12H12N6O2/c1-17-8-15-16-12(17)4-5-14-11-3-2-10(18(19)20)6-9(11)7-13/h2-3,6,8,14H,4-5H2,1H3. The number of aromatic nitrogens is 3. The molecule has 1 aromatic heterocycles. The molecule has 1 aromatic carbocycles. The Morgan fingerprint density at radius 3 is 2.95 bits per heavy atom. The van der Waals surface area contributed by atoms with Gasteiger partial charge in [0.05, 0.1) is 16.2 Å². The molecule has 0 radical (unpaired) electrons. The summed E-state index contributed by atoms with van der Waals surface area (Å²) in [7, 11) is 1.85. The Morgan fingerprint density at radius 2 is 2.35 bits per heavy atom. The van der Waals surface area contributed by atoms with Crippen LogP contribution in [0.2, 0.25) is 0 Å². The van der Waals surface area contributed by atoms with Crippen LogP contribution in [0.1, 0.15) is 11.4 Å². The van der Waals surface area contributed by atoms with Crippen molar-refractivity contribution in [3.63, 3.8) is 0 Å². The van der Waals surface area contributed by atoms with Gasteiger partial charge in [-0.25, -0.2) is 0 Å². The average molecular weight is 272 g/mol. The number of nitro groups is 1. The van der Waals surface area contributed by atoms with Gasteiger partial charge in [0.1, 0.15) is 18.2 Å². The molecule has 0 atom stereocenters. The van der Waals surface area contributed by atoms with Crippen LogP contribution in [0.15, 0.2) is 24.5 Å². The predicted molar refractivity (Wildman–Crippen MR) is 71.0 cm³/mol. The van der Waals surface area contributed by atoms with Gasteiger partial charge in [-0.05, 0) is 6.07 Å². The summed E-state index contributed by atoms with van der Waals surface area (Å²) in [5.41, 5.74) is 0.720. The Hall–Kier alpha value is -2.95. The SMILES string of the molecule is Cn1cnnc1CCNc1ccc([N+](=O)[O-])cc1C#N. The fourth-order valence-electron chi connectivity index (χ4n) is 1.73. The van der Waals surface area contributed by atoms with E-state index in [0.29, 0.717) is 18.7 Å². The van der Waals surface area contributed by atoms with Crippen molar-refractivity contribution in [2.24, 2.45) is 7.05 Å². The van der Waals surface area contributed by atoms with Gasteiger partial charge in [0, 0.05) is 32.1 Å². The lowest BCUT2D eigenvalue weighted by Crippen LogP contribution is -2.09. The molecule has 2 rings (SSSR count). The molecular formula is C12H12N6O2. The van der Waals surface area contributed by atoms with Crippen LogP contribution in [0.4, 0.5) is 11.4 Å². The van der Waals surface area contributed by atoms with E-state index in [1.165, 1.54) is 18.2 Å². The molecule has 2 aromatic rings. The molecule has 0 saturated carbocycles. The van der Waals surface area contributed by atoms with Crippen molar-refractivity contribution in [2.75, 3.05) is 11.9 Å². The smallest absolute Gasteiger partial charge is 0.270 e. The van der Waals surface area contributed by atoms with E-state index < -0.39 is 4.92 Å². The summed E-state index contributed by atoms with van der Waals surface area (Å²) in [4.78, 5) is 10.1. The lowest BCUT2D eigenvalue weighted by molar-refractivity contribution is -0.384. The van der Waals surface area contributed by atoms with E-state index in [2.05, 4.69) is 15.5 Å². The predicted octanol–water partition coefficient (Wildman–Crippen LogP) is 1.25. The van der Waals surface area contributed by atoms with Crippen LogP contribution in [0, 0.1) is 21.4 Å². The van der Waals surface area contributed by atoms with Gasteiger partial charge in [0.15, 0.2) is 0 Å². The molecule has 0 aliphatic heterocycles. The number of nitriles is 1. The van der Waals surface area contributed by atoms with E-state index in [0.717, 1.165) is 5.82 Å². The van der Waals surface area contributed by atoms with Crippen LogP contribution in [-0.4, -0.2) is 26.2 Å². The Balaban J connectivity index is 2.05. The average Bonchev–Trinajstić information content (AvgIpc) is 2.84. The molecular weight excluding hydrogens is 260 g/mol. The summed E-state index contributed by atoms with van der Waals surface area (Å²) < 4.78 is 1.81. The molecule has 0 unspecified atom stereocenters. The van der Waals surface area contributed by atoms with Crippen LogP contribution in [0.25, 0.3) is 0 Å². The van der Waals surface area contributed by atoms with Crippen molar-refractivity contribution in [3.8, 4) is 6.07 Å².